The fourth-order valence-electron chi connectivity index (χ4n) is 4.60. The first-order chi connectivity index (χ1) is 17.0. The van der Waals surface area contributed by atoms with E-state index < -0.39 is 0 Å². The van der Waals surface area contributed by atoms with Crippen molar-refractivity contribution in [2.75, 3.05) is 18.4 Å². The first-order valence-corrected chi connectivity index (χ1v) is 12.0. The van der Waals surface area contributed by atoms with Gasteiger partial charge in [0, 0.05) is 42.9 Å². The Morgan fingerprint density at radius 3 is 2.71 bits per heavy atom. The molecule has 7 nitrogen and oxygen atoms in total. The van der Waals surface area contributed by atoms with Crippen LogP contribution in [-0.4, -0.2) is 44.5 Å². The average molecular weight is 467 g/mol. The minimum absolute atomic E-state index is 0.213. The number of amides is 1. The first kappa shape index (κ1) is 23.0. The Bertz CT molecular complexity index is 1320. The molecule has 3 heterocycles. The van der Waals surface area contributed by atoms with Crippen LogP contribution < -0.4 is 11.1 Å². The van der Waals surface area contributed by atoms with Crippen molar-refractivity contribution in [1.29, 1.82) is 0 Å². The fraction of sp³-hybridized carbons (Fsp3) is 0.250. The number of aromatic nitrogens is 3. The van der Waals surface area contributed by atoms with Crippen molar-refractivity contribution in [2.45, 2.75) is 32.4 Å². The number of anilines is 1. The summed E-state index contributed by atoms with van der Waals surface area (Å²) in [6.45, 7) is 4.65. The molecule has 0 unspecified atom stereocenters. The van der Waals surface area contributed by atoms with Crippen LogP contribution >= 0.6 is 0 Å². The Morgan fingerprint density at radius 2 is 1.94 bits per heavy atom. The number of pyridine rings is 1. The zero-order valence-corrected chi connectivity index (χ0v) is 19.9. The van der Waals surface area contributed by atoms with Gasteiger partial charge in [-0.2, -0.15) is 0 Å². The number of nitrogens with one attached hydrogen (secondary N) is 1. The third-order valence-corrected chi connectivity index (χ3v) is 6.29. The maximum absolute atomic E-state index is 13.2. The van der Waals surface area contributed by atoms with Crippen LogP contribution in [0.2, 0.25) is 0 Å². The zero-order valence-electron chi connectivity index (χ0n) is 19.9. The van der Waals surface area contributed by atoms with Gasteiger partial charge in [-0.3, -0.25) is 14.7 Å². The maximum Gasteiger partial charge on any atom is 0.274 e. The highest BCUT2D eigenvalue weighted by molar-refractivity contribution is 6.03. The predicted molar refractivity (Wildman–Crippen MR) is 138 cm³/mol. The fourth-order valence-corrected chi connectivity index (χ4v) is 4.60. The monoisotopic (exact) mass is 466 g/mol. The van der Waals surface area contributed by atoms with E-state index in [4.69, 9.17) is 5.73 Å². The summed E-state index contributed by atoms with van der Waals surface area (Å²) in [5.41, 5.74) is 12.3. The van der Waals surface area contributed by atoms with E-state index in [1.165, 1.54) is 0 Å². The van der Waals surface area contributed by atoms with Crippen LogP contribution in [0.1, 0.15) is 34.6 Å². The van der Waals surface area contributed by atoms with Crippen molar-refractivity contribution in [3.63, 3.8) is 0 Å². The molecule has 2 aromatic heterocycles. The van der Waals surface area contributed by atoms with Crippen molar-refractivity contribution in [2.24, 2.45) is 5.73 Å². The summed E-state index contributed by atoms with van der Waals surface area (Å²) in [5.74, 6) is -0.243. The highest BCUT2D eigenvalue weighted by atomic mass is 16.1. The third-order valence-electron chi connectivity index (χ3n) is 6.29. The molecule has 1 saturated heterocycles. The van der Waals surface area contributed by atoms with Gasteiger partial charge in [0.25, 0.3) is 5.91 Å². The van der Waals surface area contributed by atoms with E-state index in [1.807, 2.05) is 72.3 Å². The van der Waals surface area contributed by atoms with Crippen LogP contribution in [0.5, 0.6) is 0 Å². The lowest BCUT2D eigenvalue weighted by Crippen LogP contribution is -2.42. The Kier molecular flexibility index (Phi) is 6.70. The molecule has 1 aliphatic heterocycles. The smallest absolute Gasteiger partial charge is 0.274 e. The summed E-state index contributed by atoms with van der Waals surface area (Å²) < 4.78 is 1.98. The summed E-state index contributed by atoms with van der Waals surface area (Å²) >= 11 is 0. The van der Waals surface area contributed by atoms with Gasteiger partial charge in [-0.25, -0.2) is 4.98 Å². The molecular weight excluding hydrogens is 436 g/mol. The minimum Gasteiger partial charge on any atom is -0.327 e. The summed E-state index contributed by atoms with van der Waals surface area (Å²) in [7, 11) is 0. The topological polar surface area (TPSA) is 89.1 Å². The SMILES string of the molecule is Cc1cn(-c2cc(CN3CCC[C@@H](N)C3)cc(NC(=O)c3cc(-c4ccccc4)ccn3)c2)cn1. The van der Waals surface area contributed by atoms with Crippen LogP contribution in [0.25, 0.3) is 16.8 Å². The van der Waals surface area contributed by atoms with Gasteiger partial charge in [0.2, 0.25) is 0 Å². The molecule has 1 aliphatic rings. The van der Waals surface area contributed by atoms with Crippen LogP contribution in [-0.2, 0) is 6.54 Å². The third kappa shape index (κ3) is 5.65. The lowest BCUT2D eigenvalue weighted by atomic mass is 10.0. The van der Waals surface area contributed by atoms with Gasteiger partial charge in [0.15, 0.2) is 0 Å². The quantitative estimate of drug-likeness (QED) is 0.439. The van der Waals surface area contributed by atoms with Gasteiger partial charge in [-0.15, -0.1) is 0 Å². The molecule has 7 heteroatoms. The van der Waals surface area contributed by atoms with Gasteiger partial charge < -0.3 is 15.6 Å². The molecule has 2 aromatic carbocycles. The van der Waals surface area contributed by atoms with Gasteiger partial charge in [0.1, 0.15) is 5.69 Å². The number of piperidine rings is 1. The van der Waals surface area contributed by atoms with Crippen LogP contribution in [0, 0.1) is 6.92 Å². The zero-order chi connectivity index (χ0) is 24.2. The Labute approximate surface area is 205 Å². The van der Waals surface area contributed by atoms with E-state index in [9.17, 15) is 4.79 Å². The number of hydrogen-bond donors (Lipinski definition) is 2. The van der Waals surface area contributed by atoms with Crippen molar-refractivity contribution in [1.82, 2.24) is 19.4 Å². The minimum atomic E-state index is -0.243. The van der Waals surface area contributed by atoms with E-state index >= 15 is 0 Å². The first-order valence-electron chi connectivity index (χ1n) is 12.0. The van der Waals surface area contributed by atoms with Gasteiger partial charge in [-0.1, -0.05) is 30.3 Å². The average Bonchev–Trinajstić information content (AvgIpc) is 3.31. The molecule has 35 heavy (non-hydrogen) atoms. The van der Waals surface area contributed by atoms with E-state index in [2.05, 4.69) is 26.3 Å². The molecule has 1 atom stereocenters. The van der Waals surface area contributed by atoms with Crippen molar-refractivity contribution in [3.8, 4) is 16.8 Å². The molecule has 0 saturated carbocycles. The largest absolute Gasteiger partial charge is 0.327 e. The second-order valence-corrected chi connectivity index (χ2v) is 9.20. The number of rotatable bonds is 6. The second-order valence-electron chi connectivity index (χ2n) is 9.20. The number of benzene rings is 2. The second kappa shape index (κ2) is 10.2. The number of carbonyl (C=O) groups excluding carboxylic acids is 1. The van der Waals surface area contributed by atoms with E-state index in [-0.39, 0.29) is 11.9 Å². The van der Waals surface area contributed by atoms with Crippen LogP contribution in [0.15, 0.2) is 79.4 Å². The normalized spacial score (nSPS) is 16.2. The lowest BCUT2D eigenvalue weighted by Gasteiger charge is -2.30. The van der Waals surface area contributed by atoms with E-state index in [1.54, 1.807) is 12.5 Å². The number of carbonyl (C=O) groups is 1. The van der Waals surface area contributed by atoms with Crippen LogP contribution in [0.4, 0.5) is 5.69 Å². The van der Waals surface area contributed by atoms with Gasteiger partial charge >= 0.3 is 0 Å². The van der Waals surface area contributed by atoms with Crippen LogP contribution in [0.3, 0.4) is 0 Å². The summed E-state index contributed by atoms with van der Waals surface area (Å²) in [5, 5.41) is 3.06. The Hall–Kier alpha value is -3.81. The Balaban J connectivity index is 1.42. The number of hydrogen-bond acceptors (Lipinski definition) is 5. The maximum atomic E-state index is 13.2. The van der Waals surface area contributed by atoms with Crippen molar-refractivity contribution >= 4 is 11.6 Å². The molecule has 4 aromatic rings. The molecule has 0 aliphatic carbocycles. The molecular formula is C28H30N6O. The summed E-state index contributed by atoms with van der Waals surface area (Å²) in [6, 6.07) is 20.1. The van der Waals surface area contributed by atoms with Crippen molar-refractivity contribution < 1.29 is 4.79 Å². The molecule has 1 fully saturated rings. The Morgan fingerprint density at radius 1 is 1.09 bits per heavy atom. The predicted octanol–water partition coefficient (Wildman–Crippen LogP) is 4.42. The molecule has 178 valence electrons. The number of imidazole rings is 1. The van der Waals surface area contributed by atoms with Gasteiger partial charge in [-0.05, 0) is 73.3 Å². The molecule has 5 rings (SSSR count). The number of likely N-dealkylation sites (tertiary alicyclic amines) is 1. The highest BCUT2D eigenvalue weighted by Gasteiger charge is 2.18. The summed E-state index contributed by atoms with van der Waals surface area (Å²) in [6.07, 6.45) is 7.62. The van der Waals surface area contributed by atoms with Gasteiger partial charge in [0.05, 0.1) is 12.0 Å². The molecule has 1 amide bonds. The summed E-state index contributed by atoms with van der Waals surface area (Å²) in [4.78, 5) is 24.2. The van der Waals surface area contributed by atoms with Crippen molar-refractivity contribution in [3.05, 3.63) is 96.3 Å². The number of nitrogens with zero attached hydrogens (tertiary/aromatic N) is 4. The molecule has 0 radical (unpaired) electrons. The molecule has 0 bridgehead atoms. The van der Waals surface area contributed by atoms with E-state index in [0.717, 1.165) is 66.2 Å². The molecule has 0 spiro atoms. The van der Waals surface area contributed by atoms with E-state index in [0.29, 0.717) is 5.69 Å². The standard InChI is InChI=1S/C28H30N6O/c1-20-16-34(19-31-20)26-13-21(17-33-11-5-8-24(29)18-33)12-25(15-26)32-28(35)27-14-23(9-10-30-27)22-6-3-2-4-7-22/h2-4,6-7,9-10,12-16,19,24H,5,8,11,17-18,29H2,1H3,(H,32,35)/t24-/m1/s1. The molecule has 3 N–H and O–H groups in total. The number of nitrogens with two attached hydrogens (primary N) is 1. The number of aryl methyl sites for hydroxylation is 1. The highest BCUT2D eigenvalue weighted by Crippen LogP contribution is 2.23. The lowest BCUT2D eigenvalue weighted by molar-refractivity contribution is 0.102.